The number of hydrogen-bond donors (Lipinski definition) is 0. The molecule has 1 aromatic carbocycles. The van der Waals surface area contributed by atoms with Crippen LogP contribution in [0.3, 0.4) is 0 Å². The molecule has 0 atom stereocenters. The smallest absolute Gasteiger partial charge is 0.217 e. The monoisotopic (exact) mass is 271 g/mol. The first-order valence-electron chi connectivity index (χ1n) is 6.84. The molecule has 2 rings (SSSR count). The van der Waals surface area contributed by atoms with Crippen LogP contribution < -0.4 is 4.74 Å². The maximum absolute atomic E-state index is 5.72. The summed E-state index contributed by atoms with van der Waals surface area (Å²) in [6.45, 7) is 3.64. The molecule has 0 fully saturated rings. The summed E-state index contributed by atoms with van der Waals surface area (Å²) < 4.78 is 5.72. The largest absolute Gasteiger partial charge is 0.478 e. The fourth-order valence-corrected chi connectivity index (χ4v) is 1.89. The van der Waals surface area contributed by atoms with Gasteiger partial charge in [-0.1, -0.05) is 30.3 Å². The van der Waals surface area contributed by atoms with Gasteiger partial charge in [-0.25, -0.2) is 4.98 Å². The zero-order chi connectivity index (χ0) is 14.4. The molecule has 0 aliphatic rings. The quantitative estimate of drug-likeness (QED) is 0.757. The van der Waals surface area contributed by atoms with Gasteiger partial charge in [-0.2, -0.15) is 4.98 Å². The van der Waals surface area contributed by atoms with E-state index in [9.17, 15) is 0 Å². The molecular formula is C16H21N3O. The van der Waals surface area contributed by atoms with Crippen molar-refractivity contribution in [2.45, 2.75) is 13.3 Å². The normalized spacial score (nSPS) is 10.8. The lowest BCUT2D eigenvalue weighted by Gasteiger charge is -2.11. The van der Waals surface area contributed by atoms with Crippen LogP contribution in [0.4, 0.5) is 0 Å². The minimum Gasteiger partial charge on any atom is -0.478 e. The average Bonchev–Trinajstić information content (AvgIpc) is 2.44. The molecular weight excluding hydrogens is 250 g/mol. The molecule has 0 radical (unpaired) electrons. The lowest BCUT2D eigenvalue weighted by Crippen LogP contribution is -2.15. The first kappa shape index (κ1) is 14.5. The van der Waals surface area contributed by atoms with Gasteiger partial charge in [0, 0.05) is 23.9 Å². The Hall–Kier alpha value is -1.94. The molecule has 0 unspecified atom stereocenters. The summed E-state index contributed by atoms with van der Waals surface area (Å²) >= 11 is 0. The van der Waals surface area contributed by atoms with Crippen LogP contribution in [0.1, 0.15) is 12.1 Å². The maximum Gasteiger partial charge on any atom is 0.217 e. The molecule has 2 aromatic rings. The van der Waals surface area contributed by atoms with E-state index in [0.717, 1.165) is 24.2 Å². The van der Waals surface area contributed by atoms with Crippen molar-refractivity contribution in [2.75, 3.05) is 27.2 Å². The molecule has 0 amide bonds. The summed E-state index contributed by atoms with van der Waals surface area (Å²) in [5.41, 5.74) is 1.93. The molecule has 0 aliphatic heterocycles. The van der Waals surface area contributed by atoms with E-state index in [0.29, 0.717) is 18.3 Å². The van der Waals surface area contributed by atoms with E-state index in [1.165, 1.54) is 0 Å². The molecule has 4 heteroatoms. The standard InChI is InChI=1S/C16H21N3O/c1-13-12-15(20-11-7-10-19(2)3)18-16(17-13)14-8-5-4-6-9-14/h4-6,8-9,12H,7,10-11H2,1-3H3. The summed E-state index contributed by atoms with van der Waals surface area (Å²) in [4.78, 5) is 11.1. The second-order valence-electron chi connectivity index (χ2n) is 5.04. The van der Waals surface area contributed by atoms with Gasteiger partial charge in [0.15, 0.2) is 5.82 Å². The summed E-state index contributed by atoms with van der Waals surface area (Å²) in [6, 6.07) is 11.8. The average molecular weight is 271 g/mol. The van der Waals surface area contributed by atoms with Crippen LogP contribution in [0.2, 0.25) is 0 Å². The van der Waals surface area contributed by atoms with Gasteiger partial charge < -0.3 is 9.64 Å². The van der Waals surface area contributed by atoms with Crippen LogP contribution >= 0.6 is 0 Å². The molecule has 0 saturated heterocycles. The summed E-state index contributed by atoms with van der Waals surface area (Å²) in [5, 5.41) is 0. The molecule has 0 aliphatic carbocycles. The lowest BCUT2D eigenvalue weighted by molar-refractivity contribution is 0.273. The summed E-state index contributed by atoms with van der Waals surface area (Å²) in [5.74, 6) is 1.36. The second-order valence-corrected chi connectivity index (χ2v) is 5.04. The van der Waals surface area contributed by atoms with Gasteiger partial charge in [0.2, 0.25) is 5.88 Å². The van der Waals surface area contributed by atoms with Crippen LogP contribution in [0.5, 0.6) is 5.88 Å². The molecule has 1 aromatic heterocycles. The van der Waals surface area contributed by atoms with E-state index in [-0.39, 0.29) is 0 Å². The Morgan fingerprint density at radius 3 is 2.55 bits per heavy atom. The third kappa shape index (κ3) is 4.31. The molecule has 4 nitrogen and oxygen atoms in total. The number of ether oxygens (including phenoxy) is 1. The van der Waals surface area contributed by atoms with Crippen LogP contribution in [-0.2, 0) is 0 Å². The van der Waals surface area contributed by atoms with Crippen molar-refractivity contribution in [2.24, 2.45) is 0 Å². The maximum atomic E-state index is 5.72. The first-order chi connectivity index (χ1) is 9.65. The number of aryl methyl sites for hydroxylation is 1. The van der Waals surface area contributed by atoms with E-state index < -0.39 is 0 Å². The molecule has 106 valence electrons. The number of aromatic nitrogens is 2. The van der Waals surface area contributed by atoms with Crippen LogP contribution in [0.25, 0.3) is 11.4 Å². The number of rotatable bonds is 6. The number of benzene rings is 1. The third-order valence-corrected chi connectivity index (χ3v) is 2.86. The second kappa shape index (κ2) is 7.01. The molecule has 0 bridgehead atoms. The van der Waals surface area contributed by atoms with Crippen LogP contribution in [0, 0.1) is 6.92 Å². The Morgan fingerprint density at radius 2 is 1.85 bits per heavy atom. The van der Waals surface area contributed by atoms with Crippen LogP contribution in [-0.4, -0.2) is 42.1 Å². The van der Waals surface area contributed by atoms with Gasteiger partial charge in [-0.15, -0.1) is 0 Å². The van der Waals surface area contributed by atoms with Crippen molar-refractivity contribution < 1.29 is 4.74 Å². The lowest BCUT2D eigenvalue weighted by atomic mass is 10.2. The predicted octanol–water partition coefficient (Wildman–Crippen LogP) is 2.78. The highest BCUT2D eigenvalue weighted by Crippen LogP contribution is 2.18. The molecule has 0 saturated carbocycles. The predicted molar refractivity (Wildman–Crippen MR) is 80.9 cm³/mol. The molecule has 1 heterocycles. The van der Waals surface area contributed by atoms with Crippen molar-refractivity contribution in [3.8, 4) is 17.3 Å². The Balaban J connectivity index is 2.05. The topological polar surface area (TPSA) is 38.2 Å². The Labute approximate surface area is 120 Å². The van der Waals surface area contributed by atoms with Gasteiger partial charge in [-0.3, -0.25) is 0 Å². The number of nitrogens with zero attached hydrogens (tertiary/aromatic N) is 3. The van der Waals surface area contributed by atoms with E-state index in [1.54, 1.807) is 0 Å². The van der Waals surface area contributed by atoms with E-state index in [4.69, 9.17) is 4.74 Å². The van der Waals surface area contributed by atoms with E-state index in [2.05, 4.69) is 29.0 Å². The Morgan fingerprint density at radius 1 is 1.10 bits per heavy atom. The van der Waals surface area contributed by atoms with Gasteiger partial charge in [0.05, 0.1) is 6.61 Å². The molecule has 20 heavy (non-hydrogen) atoms. The molecule has 0 spiro atoms. The highest BCUT2D eigenvalue weighted by Gasteiger charge is 2.05. The highest BCUT2D eigenvalue weighted by molar-refractivity contribution is 5.55. The van der Waals surface area contributed by atoms with Crippen LogP contribution in [0.15, 0.2) is 36.4 Å². The van der Waals surface area contributed by atoms with Crippen molar-refractivity contribution in [1.82, 2.24) is 14.9 Å². The van der Waals surface area contributed by atoms with Gasteiger partial charge in [0.25, 0.3) is 0 Å². The van der Waals surface area contributed by atoms with Crippen molar-refractivity contribution in [3.63, 3.8) is 0 Å². The molecule has 0 N–H and O–H groups in total. The summed E-state index contributed by atoms with van der Waals surface area (Å²) in [7, 11) is 4.12. The zero-order valence-corrected chi connectivity index (χ0v) is 12.3. The summed E-state index contributed by atoms with van der Waals surface area (Å²) in [6.07, 6.45) is 0.983. The Kier molecular flexibility index (Phi) is 5.07. The van der Waals surface area contributed by atoms with Gasteiger partial charge in [-0.05, 0) is 27.4 Å². The van der Waals surface area contributed by atoms with Crippen molar-refractivity contribution >= 4 is 0 Å². The highest BCUT2D eigenvalue weighted by atomic mass is 16.5. The number of hydrogen-bond acceptors (Lipinski definition) is 4. The Bertz CT molecular complexity index is 541. The first-order valence-corrected chi connectivity index (χ1v) is 6.84. The third-order valence-electron chi connectivity index (χ3n) is 2.86. The zero-order valence-electron chi connectivity index (χ0n) is 12.3. The van der Waals surface area contributed by atoms with Gasteiger partial charge in [0.1, 0.15) is 0 Å². The van der Waals surface area contributed by atoms with E-state index >= 15 is 0 Å². The SMILES string of the molecule is Cc1cc(OCCCN(C)C)nc(-c2ccccc2)n1. The minimum atomic E-state index is 0.648. The minimum absolute atomic E-state index is 0.648. The fourth-order valence-electron chi connectivity index (χ4n) is 1.89. The van der Waals surface area contributed by atoms with E-state index in [1.807, 2.05) is 43.3 Å². The van der Waals surface area contributed by atoms with Crippen molar-refractivity contribution in [3.05, 3.63) is 42.1 Å². The fraction of sp³-hybridized carbons (Fsp3) is 0.375. The van der Waals surface area contributed by atoms with Crippen molar-refractivity contribution in [1.29, 1.82) is 0 Å². The van der Waals surface area contributed by atoms with Gasteiger partial charge >= 0.3 is 0 Å².